The summed E-state index contributed by atoms with van der Waals surface area (Å²) >= 11 is 6.03. The Hall–Kier alpha value is -2.62. The highest BCUT2D eigenvalue weighted by molar-refractivity contribution is 7.89. The smallest absolute Gasteiger partial charge is 0.265 e. The van der Waals surface area contributed by atoms with Crippen LogP contribution in [0.2, 0.25) is 5.02 Å². The zero-order chi connectivity index (χ0) is 23.0. The lowest BCUT2D eigenvalue weighted by molar-refractivity contribution is -0.123. The number of fused-ring (bicyclic) bond motifs is 1. The number of anilines is 2. The van der Waals surface area contributed by atoms with Gasteiger partial charge in [-0.25, -0.2) is 8.42 Å². The molecule has 2 amide bonds. The van der Waals surface area contributed by atoms with Crippen LogP contribution in [-0.2, 0) is 19.6 Å². The number of amides is 2. The Balaban J connectivity index is 1.51. The van der Waals surface area contributed by atoms with Gasteiger partial charge in [0.15, 0.2) is 6.10 Å². The minimum absolute atomic E-state index is 0.0430. The second-order valence-corrected chi connectivity index (χ2v) is 10.4. The van der Waals surface area contributed by atoms with Crippen molar-refractivity contribution in [1.29, 1.82) is 0 Å². The highest BCUT2D eigenvalue weighted by Gasteiger charge is 2.34. The second kappa shape index (κ2) is 8.73. The minimum atomic E-state index is -3.86. The maximum Gasteiger partial charge on any atom is 0.265 e. The van der Waals surface area contributed by atoms with E-state index in [1.807, 2.05) is 13.0 Å². The molecule has 170 valence electrons. The molecule has 0 aromatic heterocycles. The maximum absolute atomic E-state index is 13.3. The van der Waals surface area contributed by atoms with Crippen LogP contribution in [0.25, 0.3) is 0 Å². The third-order valence-corrected chi connectivity index (χ3v) is 7.83. The maximum atomic E-state index is 13.3. The molecule has 2 heterocycles. The van der Waals surface area contributed by atoms with Gasteiger partial charge in [-0.3, -0.25) is 9.59 Å². The molecule has 4 rings (SSSR count). The average Bonchev–Trinajstić information content (AvgIpc) is 2.76. The van der Waals surface area contributed by atoms with Crippen molar-refractivity contribution >= 4 is 44.8 Å². The Morgan fingerprint density at radius 2 is 2.03 bits per heavy atom. The van der Waals surface area contributed by atoms with Gasteiger partial charge in [0.25, 0.3) is 5.91 Å². The van der Waals surface area contributed by atoms with Crippen LogP contribution in [0, 0.1) is 12.8 Å². The number of carbonyl (C=O) groups excluding carboxylic acids is 2. The van der Waals surface area contributed by atoms with Crippen molar-refractivity contribution in [2.45, 2.75) is 37.7 Å². The number of hydrogen-bond donors (Lipinski definition) is 2. The summed E-state index contributed by atoms with van der Waals surface area (Å²) in [7, 11) is -3.86. The molecule has 2 atom stereocenters. The van der Waals surface area contributed by atoms with Crippen molar-refractivity contribution in [3.8, 4) is 5.75 Å². The molecule has 1 fully saturated rings. The molecule has 0 aliphatic carbocycles. The van der Waals surface area contributed by atoms with E-state index in [-0.39, 0.29) is 23.3 Å². The van der Waals surface area contributed by atoms with E-state index in [0.717, 1.165) is 5.56 Å². The van der Waals surface area contributed by atoms with Crippen LogP contribution in [-0.4, -0.2) is 43.7 Å². The van der Waals surface area contributed by atoms with Crippen LogP contribution >= 0.6 is 11.6 Å². The molecule has 10 heteroatoms. The lowest BCUT2D eigenvalue weighted by Crippen LogP contribution is -2.43. The fourth-order valence-corrected chi connectivity index (χ4v) is 5.56. The lowest BCUT2D eigenvalue weighted by atomic mass is 9.98. The van der Waals surface area contributed by atoms with Gasteiger partial charge < -0.3 is 15.4 Å². The van der Waals surface area contributed by atoms with E-state index < -0.39 is 22.0 Å². The zero-order valence-corrected chi connectivity index (χ0v) is 19.3. The Bertz CT molecular complexity index is 1180. The molecule has 2 aliphatic rings. The summed E-state index contributed by atoms with van der Waals surface area (Å²) in [5, 5.41) is 6.05. The molecule has 0 bridgehead atoms. The first-order valence-corrected chi connectivity index (χ1v) is 12.2. The molecule has 2 aromatic rings. The Kier molecular flexibility index (Phi) is 6.15. The molecule has 1 saturated heterocycles. The Labute approximate surface area is 191 Å². The second-order valence-electron chi connectivity index (χ2n) is 8.06. The molecule has 2 N–H and O–H groups in total. The van der Waals surface area contributed by atoms with Gasteiger partial charge >= 0.3 is 0 Å². The molecule has 0 spiro atoms. The number of rotatable bonds is 4. The summed E-state index contributed by atoms with van der Waals surface area (Å²) < 4.78 is 33.4. The number of sulfonamides is 1. The number of carbonyl (C=O) groups is 2. The van der Waals surface area contributed by atoms with Crippen molar-refractivity contribution in [3.63, 3.8) is 0 Å². The fraction of sp³-hybridized carbons (Fsp3) is 0.364. The minimum Gasteiger partial charge on any atom is -0.479 e. The van der Waals surface area contributed by atoms with Crippen molar-refractivity contribution in [3.05, 3.63) is 47.0 Å². The summed E-state index contributed by atoms with van der Waals surface area (Å²) in [5.41, 5.74) is 1.80. The number of benzene rings is 2. The van der Waals surface area contributed by atoms with Gasteiger partial charge in [0.05, 0.1) is 16.5 Å². The summed E-state index contributed by atoms with van der Waals surface area (Å²) in [6.45, 7) is 3.87. The normalized spacial score (nSPS) is 21.3. The number of halogens is 1. The van der Waals surface area contributed by atoms with Gasteiger partial charge in [0, 0.05) is 23.8 Å². The topological polar surface area (TPSA) is 105 Å². The van der Waals surface area contributed by atoms with Crippen molar-refractivity contribution in [2.75, 3.05) is 23.7 Å². The molecular formula is C22H24ClN3O5S. The van der Waals surface area contributed by atoms with Crippen molar-refractivity contribution in [2.24, 2.45) is 5.92 Å². The molecule has 2 aliphatic heterocycles. The quantitative estimate of drug-likeness (QED) is 0.702. The van der Waals surface area contributed by atoms with Crippen LogP contribution in [0.5, 0.6) is 5.75 Å². The predicted molar refractivity (Wildman–Crippen MR) is 121 cm³/mol. The summed E-state index contributed by atoms with van der Waals surface area (Å²) in [5.74, 6) is -0.643. The van der Waals surface area contributed by atoms with E-state index >= 15 is 0 Å². The van der Waals surface area contributed by atoms with Crippen LogP contribution in [0.4, 0.5) is 11.4 Å². The Morgan fingerprint density at radius 1 is 1.25 bits per heavy atom. The fourth-order valence-electron chi connectivity index (χ4n) is 3.84. The van der Waals surface area contributed by atoms with E-state index in [1.54, 1.807) is 19.1 Å². The SMILES string of the molecule is Cc1ccc(Cl)cc1NC(=O)[C@H]1CCCN(S(=O)(=O)c2ccc3c(c2)NC(=O)[C@@H](C)O3)C1. The van der Waals surface area contributed by atoms with E-state index in [1.165, 1.54) is 22.5 Å². The third kappa shape index (κ3) is 4.46. The number of hydrogen-bond acceptors (Lipinski definition) is 5. The molecular weight excluding hydrogens is 454 g/mol. The standard InChI is InChI=1S/C22H24ClN3O5S/c1-13-5-6-16(23)10-18(13)24-22(28)15-4-3-9-26(12-15)32(29,30)17-7-8-20-19(11-17)25-21(27)14(2)31-20/h5-8,10-11,14-15H,3-4,9,12H2,1-2H3,(H,24,28)(H,25,27)/t14-,15+/m1/s1. The van der Waals surface area contributed by atoms with E-state index in [9.17, 15) is 18.0 Å². The van der Waals surface area contributed by atoms with Gasteiger partial charge in [-0.15, -0.1) is 0 Å². The number of nitrogens with zero attached hydrogens (tertiary/aromatic N) is 1. The summed E-state index contributed by atoms with van der Waals surface area (Å²) in [4.78, 5) is 24.8. The van der Waals surface area contributed by atoms with E-state index in [0.29, 0.717) is 41.5 Å². The van der Waals surface area contributed by atoms with Gasteiger partial charge in [-0.05, 0) is 62.6 Å². The first-order valence-electron chi connectivity index (χ1n) is 10.3. The lowest BCUT2D eigenvalue weighted by Gasteiger charge is -2.31. The van der Waals surface area contributed by atoms with Crippen LogP contribution in [0.15, 0.2) is 41.3 Å². The molecule has 0 radical (unpaired) electrons. The zero-order valence-electron chi connectivity index (χ0n) is 17.7. The third-order valence-electron chi connectivity index (χ3n) is 5.73. The average molecular weight is 478 g/mol. The first kappa shape index (κ1) is 22.6. The highest BCUT2D eigenvalue weighted by Crippen LogP contribution is 2.34. The molecule has 2 aromatic carbocycles. The Morgan fingerprint density at radius 3 is 2.81 bits per heavy atom. The van der Waals surface area contributed by atoms with Crippen LogP contribution in [0.1, 0.15) is 25.3 Å². The van der Waals surface area contributed by atoms with Crippen molar-refractivity contribution < 1.29 is 22.7 Å². The first-order chi connectivity index (χ1) is 15.1. The van der Waals surface area contributed by atoms with Gasteiger partial charge in [-0.1, -0.05) is 17.7 Å². The number of ether oxygens (including phenoxy) is 1. The molecule has 0 saturated carbocycles. The van der Waals surface area contributed by atoms with Gasteiger partial charge in [0.1, 0.15) is 5.75 Å². The summed E-state index contributed by atoms with van der Waals surface area (Å²) in [6.07, 6.45) is 0.506. The monoisotopic (exact) mass is 477 g/mol. The predicted octanol–water partition coefficient (Wildman–Crippen LogP) is 3.41. The van der Waals surface area contributed by atoms with Crippen LogP contribution in [0.3, 0.4) is 0 Å². The largest absolute Gasteiger partial charge is 0.479 e. The van der Waals surface area contributed by atoms with Crippen LogP contribution < -0.4 is 15.4 Å². The highest BCUT2D eigenvalue weighted by atomic mass is 35.5. The molecule has 32 heavy (non-hydrogen) atoms. The molecule has 8 nitrogen and oxygen atoms in total. The molecule has 0 unspecified atom stereocenters. The van der Waals surface area contributed by atoms with Gasteiger partial charge in [-0.2, -0.15) is 4.31 Å². The summed E-state index contributed by atoms with van der Waals surface area (Å²) in [6, 6.07) is 9.62. The van der Waals surface area contributed by atoms with Gasteiger partial charge in [0.2, 0.25) is 15.9 Å². The number of piperidine rings is 1. The number of nitrogens with one attached hydrogen (secondary N) is 2. The van der Waals surface area contributed by atoms with E-state index in [2.05, 4.69) is 10.6 Å². The number of aryl methyl sites for hydroxylation is 1. The van der Waals surface area contributed by atoms with Crippen molar-refractivity contribution in [1.82, 2.24) is 4.31 Å². The van der Waals surface area contributed by atoms with E-state index in [4.69, 9.17) is 16.3 Å².